The number of rotatable bonds is 5. The normalized spacial score (nSPS) is 18.5. The highest BCUT2D eigenvalue weighted by molar-refractivity contribution is 7.86. The van der Waals surface area contributed by atoms with Crippen LogP contribution in [0.15, 0.2) is 0 Å². The summed E-state index contributed by atoms with van der Waals surface area (Å²) in [5.41, 5.74) is 0. The van der Waals surface area contributed by atoms with Gasteiger partial charge in [0, 0.05) is 0 Å². The van der Waals surface area contributed by atoms with Crippen LogP contribution in [0.25, 0.3) is 0 Å². The maximum absolute atomic E-state index is 12.6. The van der Waals surface area contributed by atoms with E-state index >= 15 is 0 Å². The molecule has 16 heteroatoms. The van der Waals surface area contributed by atoms with Crippen LogP contribution < -0.4 is 0 Å². The van der Waals surface area contributed by atoms with Gasteiger partial charge in [0.1, 0.15) is 0 Å². The van der Waals surface area contributed by atoms with E-state index in [9.17, 15) is 52.3 Å². The molecule has 0 fully saturated rings. The van der Waals surface area contributed by atoms with Gasteiger partial charge in [0.2, 0.25) is 0 Å². The summed E-state index contributed by atoms with van der Waals surface area (Å²) in [6.07, 6.45) is -14.3. The standard InChI is InChI=1S/C5H2F10O5S/c6-1(7,2(8,9)10)3(11,12)20-5(15,16)4(13,14)21(17,18)19/h16H,(H,17,18,19). The monoisotopic (exact) mass is 364 g/mol. The molecule has 5 nitrogen and oxygen atoms in total. The predicted molar refractivity (Wildman–Crippen MR) is 39.6 cm³/mol. The molecule has 0 aromatic heterocycles. The molecule has 1 atom stereocenters. The van der Waals surface area contributed by atoms with Crippen LogP contribution >= 0.6 is 0 Å². The largest absolute Gasteiger partial charge is 0.462 e. The zero-order valence-corrected chi connectivity index (χ0v) is 9.62. The first-order chi connectivity index (χ1) is 8.71. The lowest BCUT2D eigenvalue weighted by atomic mass is 10.3. The summed E-state index contributed by atoms with van der Waals surface area (Å²) in [5.74, 6) is -7.28. The number of ether oxygens (including phenoxy) is 1. The molecule has 1 unspecified atom stereocenters. The molecular formula is C5H2F10O5S. The zero-order valence-electron chi connectivity index (χ0n) is 8.81. The molecule has 0 spiro atoms. The molecule has 0 radical (unpaired) electrons. The highest BCUT2D eigenvalue weighted by Crippen LogP contribution is 2.50. The lowest BCUT2D eigenvalue weighted by Crippen LogP contribution is -2.61. The van der Waals surface area contributed by atoms with E-state index in [1.807, 2.05) is 0 Å². The van der Waals surface area contributed by atoms with Crippen molar-refractivity contribution in [1.29, 1.82) is 0 Å². The molecule has 0 rings (SSSR count). The van der Waals surface area contributed by atoms with Gasteiger partial charge in [0.15, 0.2) is 0 Å². The summed E-state index contributed by atoms with van der Waals surface area (Å²) >= 11 is 0. The summed E-state index contributed by atoms with van der Waals surface area (Å²) in [5, 5.41) is 1.28. The quantitative estimate of drug-likeness (QED) is 0.442. The molecule has 0 aliphatic rings. The van der Waals surface area contributed by atoms with Gasteiger partial charge in [0.25, 0.3) is 0 Å². The van der Waals surface area contributed by atoms with E-state index < -0.39 is 39.6 Å². The lowest BCUT2D eigenvalue weighted by molar-refractivity contribution is -0.502. The lowest BCUT2D eigenvalue weighted by Gasteiger charge is -2.33. The molecule has 0 aromatic rings. The second kappa shape index (κ2) is 4.82. The average molecular weight is 364 g/mol. The molecule has 2 N–H and O–H groups in total. The summed E-state index contributed by atoms with van der Waals surface area (Å²) in [4.78, 5) is 0. The van der Waals surface area contributed by atoms with Crippen molar-refractivity contribution in [3.05, 3.63) is 0 Å². The van der Waals surface area contributed by atoms with Gasteiger partial charge in [-0.05, 0) is 0 Å². The molecule has 0 saturated heterocycles. The highest BCUT2D eigenvalue weighted by atomic mass is 32.2. The Morgan fingerprint density at radius 2 is 1.14 bits per heavy atom. The SMILES string of the molecule is O=S(=O)(O)C(F)(F)C(O)(F)OC(F)(F)C(F)(F)C(F)(F)F. The van der Waals surface area contributed by atoms with Gasteiger partial charge >= 0.3 is 39.6 Å². The smallest absolute Gasteiger partial charge is 0.334 e. The molecule has 0 amide bonds. The highest BCUT2D eigenvalue weighted by Gasteiger charge is 2.79. The van der Waals surface area contributed by atoms with Crippen molar-refractivity contribution in [2.24, 2.45) is 0 Å². The fraction of sp³-hybridized carbons (Fsp3) is 1.00. The third-order valence-corrected chi connectivity index (χ3v) is 2.57. The van der Waals surface area contributed by atoms with E-state index in [0.717, 1.165) is 0 Å². The Hall–Kier alpha value is -0.870. The molecular weight excluding hydrogens is 362 g/mol. The molecule has 0 heterocycles. The minimum Gasteiger partial charge on any atom is -0.334 e. The Kier molecular flexibility index (Phi) is 4.62. The predicted octanol–water partition coefficient (Wildman–Crippen LogP) is 1.89. The second-order valence-corrected chi connectivity index (χ2v) is 4.71. The summed E-state index contributed by atoms with van der Waals surface area (Å²) in [6, 6.07) is -6.61. The Morgan fingerprint density at radius 1 is 0.810 bits per heavy atom. The Balaban J connectivity index is 5.76. The van der Waals surface area contributed by atoms with E-state index in [1.165, 1.54) is 0 Å². The summed E-state index contributed by atoms with van der Waals surface area (Å²) in [6.45, 7) is 0. The molecule has 0 saturated carbocycles. The maximum atomic E-state index is 12.6. The number of halogens is 10. The van der Waals surface area contributed by atoms with Crippen LogP contribution in [0.4, 0.5) is 43.9 Å². The van der Waals surface area contributed by atoms with Crippen molar-refractivity contribution in [2.75, 3.05) is 0 Å². The first kappa shape index (κ1) is 20.1. The van der Waals surface area contributed by atoms with Crippen LogP contribution in [0.3, 0.4) is 0 Å². The fourth-order valence-electron chi connectivity index (χ4n) is 0.617. The molecule has 0 aromatic carbocycles. The van der Waals surface area contributed by atoms with Gasteiger partial charge in [-0.15, -0.1) is 0 Å². The van der Waals surface area contributed by atoms with Crippen molar-refractivity contribution in [3.63, 3.8) is 0 Å². The minimum atomic E-state index is -7.28. The van der Waals surface area contributed by atoms with Crippen molar-refractivity contribution in [1.82, 2.24) is 0 Å². The summed E-state index contributed by atoms with van der Waals surface area (Å²) < 4.78 is 151. The minimum absolute atomic E-state index is 1.60. The van der Waals surface area contributed by atoms with Crippen molar-refractivity contribution in [2.45, 2.75) is 29.5 Å². The Bertz CT molecular complexity index is 492. The van der Waals surface area contributed by atoms with Gasteiger partial charge in [-0.2, -0.15) is 52.3 Å². The van der Waals surface area contributed by atoms with Crippen molar-refractivity contribution in [3.8, 4) is 0 Å². The van der Waals surface area contributed by atoms with Crippen LogP contribution in [-0.4, -0.2) is 47.6 Å². The van der Waals surface area contributed by atoms with Crippen LogP contribution in [0.2, 0.25) is 0 Å². The second-order valence-electron chi connectivity index (χ2n) is 3.24. The molecule has 0 aliphatic carbocycles. The van der Waals surface area contributed by atoms with Crippen LogP contribution in [-0.2, 0) is 14.9 Å². The van der Waals surface area contributed by atoms with E-state index in [2.05, 4.69) is 0 Å². The molecule has 0 aliphatic heterocycles. The fourth-order valence-corrected chi connectivity index (χ4v) is 0.977. The van der Waals surface area contributed by atoms with E-state index in [4.69, 9.17) is 9.66 Å². The van der Waals surface area contributed by atoms with E-state index in [-0.39, 0.29) is 0 Å². The van der Waals surface area contributed by atoms with Gasteiger partial charge in [-0.3, -0.25) is 4.55 Å². The Morgan fingerprint density at radius 3 is 1.38 bits per heavy atom. The van der Waals surface area contributed by atoms with Crippen molar-refractivity contribution >= 4 is 10.1 Å². The van der Waals surface area contributed by atoms with Gasteiger partial charge < -0.3 is 5.11 Å². The average Bonchev–Trinajstić information content (AvgIpc) is 2.11. The molecule has 0 bridgehead atoms. The van der Waals surface area contributed by atoms with Crippen LogP contribution in [0, 0.1) is 0 Å². The van der Waals surface area contributed by atoms with Gasteiger partial charge in [-0.1, -0.05) is 0 Å². The number of hydrogen-bond acceptors (Lipinski definition) is 4. The zero-order chi connectivity index (χ0) is 17.7. The third-order valence-electron chi connectivity index (χ3n) is 1.67. The number of hydrogen-bond donors (Lipinski definition) is 2. The number of aliphatic hydroxyl groups is 1. The summed E-state index contributed by atoms with van der Waals surface area (Å²) in [7, 11) is -7.06. The van der Waals surface area contributed by atoms with Crippen molar-refractivity contribution < 1.29 is 66.7 Å². The topological polar surface area (TPSA) is 83.8 Å². The van der Waals surface area contributed by atoms with Crippen LogP contribution in [0.5, 0.6) is 0 Å². The maximum Gasteiger partial charge on any atom is 0.462 e. The third kappa shape index (κ3) is 3.32. The molecule has 128 valence electrons. The number of alkyl halides is 10. The Labute approximate surface area is 107 Å². The van der Waals surface area contributed by atoms with Gasteiger partial charge in [0.05, 0.1) is 0 Å². The molecule has 21 heavy (non-hydrogen) atoms. The first-order valence-electron chi connectivity index (χ1n) is 3.99. The van der Waals surface area contributed by atoms with Gasteiger partial charge in [-0.25, -0.2) is 4.74 Å². The van der Waals surface area contributed by atoms with E-state index in [1.54, 1.807) is 4.74 Å². The van der Waals surface area contributed by atoms with Crippen LogP contribution in [0.1, 0.15) is 0 Å². The first-order valence-corrected chi connectivity index (χ1v) is 5.43. The van der Waals surface area contributed by atoms with E-state index in [0.29, 0.717) is 0 Å².